The molecular formula is C54H101GdN6O8. The third-order valence-electron chi connectivity index (χ3n) is 13.7. The number of carbonyl (C=O) groups is 5. The van der Waals surface area contributed by atoms with Crippen molar-refractivity contribution < 1.29 is 79.2 Å². The second-order valence-electron chi connectivity index (χ2n) is 20.0. The van der Waals surface area contributed by atoms with Gasteiger partial charge in [-0.15, -0.1) is 0 Å². The van der Waals surface area contributed by atoms with E-state index in [-0.39, 0.29) is 124 Å². The molecule has 14 nitrogen and oxygen atoms in total. The van der Waals surface area contributed by atoms with Crippen molar-refractivity contribution in [3.63, 3.8) is 0 Å². The maximum Gasteiger partial charge on any atom is 3.00 e. The van der Waals surface area contributed by atoms with Crippen molar-refractivity contribution in [3.8, 4) is 0 Å². The van der Waals surface area contributed by atoms with Crippen molar-refractivity contribution in [1.82, 2.24) is 29.8 Å². The zero-order chi connectivity index (χ0) is 49.7. The van der Waals surface area contributed by atoms with Crippen molar-refractivity contribution in [1.29, 1.82) is 0 Å². The fourth-order valence-electron chi connectivity index (χ4n) is 9.37. The van der Waals surface area contributed by atoms with E-state index in [9.17, 15) is 39.3 Å². The Morgan fingerprint density at radius 3 is 0.812 bits per heavy atom. The summed E-state index contributed by atoms with van der Waals surface area (Å²) in [6.45, 7) is 6.63. The summed E-state index contributed by atoms with van der Waals surface area (Å²) < 4.78 is 0. The first kappa shape index (κ1) is 67.5. The molecule has 0 saturated carbocycles. The Kier molecular flexibility index (Phi) is 47.7. The second-order valence-corrected chi connectivity index (χ2v) is 20.0. The van der Waals surface area contributed by atoms with E-state index in [1.165, 1.54) is 180 Å². The smallest absolute Gasteiger partial charge is 0.549 e. The molecule has 0 spiro atoms. The molecule has 0 bridgehead atoms. The summed E-state index contributed by atoms with van der Waals surface area (Å²) >= 11 is 0. The molecule has 1 radical (unpaired) electrons. The van der Waals surface area contributed by atoms with Gasteiger partial charge in [0, 0.05) is 85.1 Å². The predicted octanol–water partition coefficient (Wildman–Crippen LogP) is 5.93. The molecule has 2 amide bonds. The number of carboxylic acid groups (broad SMARTS) is 3. The maximum atomic E-state index is 13.7. The molecule has 403 valence electrons. The largest absolute Gasteiger partial charge is 3.00 e. The molecule has 1 N–H and O–H groups in total. The molecule has 0 aromatic heterocycles. The van der Waals surface area contributed by atoms with Gasteiger partial charge in [0.15, 0.2) is 0 Å². The van der Waals surface area contributed by atoms with Crippen LogP contribution in [-0.2, 0) is 24.0 Å². The molecule has 1 fully saturated rings. The van der Waals surface area contributed by atoms with E-state index in [1.54, 1.807) is 14.7 Å². The Bertz CT molecular complexity index is 1200. The number of rotatable bonds is 44. The van der Waals surface area contributed by atoms with Gasteiger partial charge in [0.05, 0.1) is 31.0 Å². The van der Waals surface area contributed by atoms with Gasteiger partial charge >= 0.3 is 39.9 Å². The van der Waals surface area contributed by atoms with Crippen LogP contribution in [-0.4, -0.2) is 152 Å². The fourth-order valence-corrected chi connectivity index (χ4v) is 9.37. The molecule has 1 heterocycles. The molecule has 69 heavy (non-hydrogen) atoms. The van der Waals surface area contributed by atoms with E-state index >= 15 is 0 Å². The van der Waals surface area contributed by atoms with Crippen molar-refractivity contribution in [2.24, 2.45) is 0 Å². The second kappa shape index (κ2) is 48.8. The zero-order valence-corrected chi connectivity index (χ0v) is 46.4. The molecule has 0 aliphatic carbocycles. The predicted molar refractivity (Wildman–Crippen MR) is 269 cm³/mol. The van der Waals surface area contributed by atoms with E-state index in [0.717, 1.165) is 25.7 Å². The Morgan fingerprint density at radius 2 is 0.580 bits per heavy atom. The quantitative estimate of drug-likeness (QED) is 0.0712. The summed E-state index contributed by atoms with van der Waals surface area (Å²) in [5.74, 6) is -4.25. The van der Waals surface area contributed by atoms with Crippen molar-refractivity contribution in [3.05, 3.63) is 0 Å². The number of hydrogen-bond acceptors (Lipinski definition) is 12. The van der Waals surface area contributed by atoms with E-state index < -0.39 is 17.9 Å². The van der Waals surface area contributed by atoms with Crippen LogP contribution < -0.4 is 20.6 Å². The van der Waals surface area contributed by atoms with Crippen molar-refractivity contribution in [2.75, 3.05) is 98.2 Å². The summed E-state index contributed by atoms with van der Waals surface area (Å²) in [6.07, 6.45) is 41.3. The standard InChI is InChI=1S/C54H104N6O8.Gd/c1-3-5-7-9-11-13-15-17-19-21-23-25-27-29-31-33-35-60(36-34-32-30-28-26-24-22-20-18-16-14-12-10-8-6-4-2)51(62)45-55-50(61)46-56-37-39-57(47-52(63)64)41-43-59(49-54(67)68)44-42-58(40-38-56)48-53(65)66;/h3-49H2,1-2H3,(H,55,61)(H,63,64)(H,65,66)(H,67,68);/q;+3/p-3. The first-order valence-corrected chi connectivity index (χ1v) is 28.1. The number of unbranched alkanes of at least 4 members (excludes halogenated alkanes) is 30. The Labute approximate surface area is 453 Å². The van der Waals surface area contributed by atoms with Crippen LogP contribution in [0, 0.1) is 39.9 Å². The molecule has 1 rings (SSSR count). The normalized spacial score (nSPS) is 14.7. The third-order valence-corrected chi connectivity index (χ3v) is 13.7. The topological polar surface area (TPSA) is 183 Å². The van der Waals surface area contributed by atoms with Gasteiger partial charge in [-0.1, -0.05) is 206 Å². The molecule has 0 atom stereocenters. The van der Waals surface area contributed by atoms with Gasteiger partial charge in [-0.2, -0.15) is 0 Å². The fraction of sp³-hybridized carbons (Fsp3) is 0.907. The SMILES string of the molecule is CCCCCCCCCCCCCCCCCCN(CCCCCCCCCCCCCCCCCC)C(=O)CNC(=O)CN1CCN(CC(=O)[O-])CCN(CC(=O)[O-])CCN(CC(=O)[O-])CC1.[Gd+3]. The van der Waals surface area contributed by atoms with Gasteiger partial charge in [0.1, 0.15) is 0 Å². The van der Waals surface area contributed by atoms with Crippen LogP contribution in [0.25, 0.3) is 0 Å². The minimum atomic E-state index is -1.28. The van der Waals surface area contributed by atoms with Crippen LogP contribution in [0.5, 0.6) is 0 Å². The monoisotopic (exact) mass is 1120 g/mol. The van der Waals surface area contributed by atoms with E-state index in [4.69, 9.17) is 0 Å². The van der Waals surface area contributed by atoms with Gasteiger partial charge in [-0.3, -0.25) is 29.2 Å². The van der Waals surface area contributed by atoms with E-state index in [1.807, 2.05) is 9.80 Å². The number of carbonyl (C=O) groups excluding carboxylic acids is 5. The summed E-state index contributed by atoms with van der Waals surface area (Å²) in [7, 11) is 0. The van der Waals surface area contributed by atoms with Gasteiger partial charge in [-0.25, -0.2) is 0 Å². The average Bonchev–Trinajstić information content (AvgIpc) is 3.30. The van der Waals surface area contributed by atoms with Crippen LogP contribution in [0.3, 0.4) is 0 Å². The van der Waals surface area contributed by atoms with Crippen LogP contribution in [0.2, 0.25) is 0 Å². The summed E-state index contributed by atoms with van der Waals surface area (Å²) in [5, 5.41) is 37.4. The molecule has 0 unspecified atom stereocenters. The number of carboxylic acids is 3. The molecular weight excluding hydrogens is 1020 g/mol. The molecule has 0 aromatic rings. The zero-order valence-electron chi connectivity index (χ0n) is 44.1. The van der Waals surface area contributed by atoms with Crippen LogP contribution >= 0.6 is 0 Å². The number of nitrogens with zero attached hydrogens (tertiary/aromatic N) is 5. The average molecular weight is 1120 g/mol. The molecule has 1 aliphatic rings. The first-order valence-electron chi connectivity index (χ1n) is 28.1. The summed E-state index contributed by atoms with van der Waals surface area (Å²) in [4.78, 5) is 70.2. The van der Waals surface area contributed by atoms with Gasteiger partial charge < -0.3 is 39.9 Å². The Morgan fingerprint density at radius 1 is 0.362 bits per heavy atom. The van der Waals surface area contributed by atoms with Gasteiger partial charge in [0.2, 0.25) is 11.8 Å². The number of hydrogen-bond donors (Lipinski definition) is 1. The van der Waals surface area contributed by atoms with Crippen molar-refractivity contribution in [2.45, 2.75) is 219 Å². The van der Waals surface area contributed by atoms with Crippen molar-refractivity contribution >= 4 is 29.7 Å². The molecule has 0 aromatic carbocycles. The maximum absolute atomic E-state index is 13.7. The number of aliphatic carboxylic acids is 3. The Hall–Kier alpha value is -1.49. The molecule has 1 aliphatic heterocycles. The minimum Gasteiger partial charge on any atom is -0.549 e. The third kappa shape index (κ3) is 43.8. The molecule has 15 heteroatoms. The summed E-state index contributed by atoms with van der Waals surface area (Å²) in [6, 6.07) is 0. The van der Waals surface area contributed by atoms with Gasteiger partial charge in [0.25, 0.3) is 0 Å². The van der Waals surface area contributed by atoms with E-state index in [0.29, 0.717) is 26.2 Å². The molecule has 1 saturated heterocycles. The Balaban J connectivity index is 0.0000462. The van der Waals surface area contributed by atoms with Crippen LogP contribution in [0.1, 0.15) is 219 Å². The number of nitrogens with one attached hydrogen (secondary N) is 1. The number of amides is 2. The van der Waals surface area contributed by atoms with Crippen LogP contribution in [0.15, 0.2) is 0 Å². The first-order chi connectivity index (χ1) is 33.0. The van der Waals surface area contributed by atoms with Crippen LogP contribution in [0.4, 0.5) is 0 Å². The summed E-state index contributed by atoms with van der Waals surface area (Å²) in [5.41, 5.74) is 0. The minimum absolute atomic E-state index is 0. The van der Waals surface area contributed by atoms with E-state index in [2.05, 4.69) is 19.2 Å². The van der Waals surface area contributed by atoms with Gasteiger partial charge in [-0.05, 0) is 12.8 Å².